The van der Waals surface area contributed by atoms with Crippen LogP contribution in [0.3, 0.4) is 0 Å². The molecule has 4 aromatic rings. The number of ether oxygens (including phenoxy) is 2. The Morgan fingerprint density at radius 3 is 2.39 bits per heavy atom. The molecule has 0 aliphatic carbocycles. The van der Waals surface area contributed by atoms with Gasteiger partial charge in [0.1, 0.15) is 12.4 Å². The highest BCUT2D eigenvalue weighted by molar-refractivity contribution is 9.10. The van der Waals surface area contributed by atoms with E-state index in [1.165, 1.54) is 16.9 Å². The Bertz CT molecular complexity index is 1970. The molecule has 2 heterocycles. The topological polar surface area (TPSA) is 107 Å². The van der Waals surface area contributed by atoms with Crippen molar-refractivity contribution >= 4 is 45.3 Å². The number of allylic oxidation sites excluding steroid dienone is 1. The van der Waals surface area contributed by atoms with Crippen molar-refractivity contribution < 1.29 is 24.2 Å². The Kier molecular flexibility index (Phi) is 10.4. The number of aromatic nitrogens is 1. The number of benzene rings is 3. The Hall–Kier alpha value is -4.28. The highest BCUT2D eigenvalue weighted by Gasteiger charge is 2.34. The molecule has 0 amide bonds. The number of hydrogen-bond acceptors (Lipinski definition) is 7. The Morgan fingerprint density at radius 2 is 1.78 bits per heavy atom. The molecular formula is C36H35BrN2O6S. The quantitative estimate of drug-likeness (QED) is 0.174. The van der Waals surface area contributed by atoms with Crippen LogP contribution in [-0.4, -0.2) is 28.2 Å². The zero-order valence-electron chi connectivity index (χ0n) is 26.1. The molecule has 1 aromatic heterocycles. The molecule has 238 valence electrons. The SMILES string of the molecule is CCCC1=C(C(=O)OCC)[C@H](c2ccc(C(C)C)cc2)n2c(s/c(=C/c3ccc(OCc4ccc(C(=O)O)cc4)c(Br)c3)c2=O)=N1. The van der Waals surface area contributed by atoms with Gasteiger partial charge in [-0.15, -0.1) is 0 Å². The van der Waals surface area contributed by atoms with Gasteiger partial charge in [-0.2, -0.15) is 0 Å². The lowest BCUT2D eigenvalue weighted by molar-refractivity contribution is -0.139. The summed E-state index contributed by atoms with van der Waals surface area (Å²) in [6, 6.07) is 19.5. The van der Waals surface area contributed by atoms with Gasteiger partial charge in [-0.1, -0.05) is 81.0 Å². The molecule has 1 N–H and O–H groups in total. The van der Waals surface area contributed by atoms with Crippen molar-refractivity contribution in [3.63, 3.8) is 0 Å². The van der Waals surface area contributed by atoms with Crippen LogP contribution in [-0.2, 0) is 16.1 Å². The van der Waals surface area contributed by atoms with Crippen LogP contribution in [0.15, 0.2) is 92.3 Å². The number of thiazole rings is 1. The van der Waals surface area contributed by atoms with E-state index < -0.39 is 18.0 Å². The number of fused-ring (bicyclic) bond motifs is 1. The van der Waals surface area contributed by atoms with E-state index >= 15 is 0 Å². The average molecular weight is 704 g/mol. The summed E-state index contributed by atoms with van der Waals surface area (Å²) in [5.41, 5.74) is 4.64. The smallest absolute Gasteiger partial charge is 0.338 e. The first kappa shape index (κ1) is 33.1. The van der Waals surface area contributed by atoms with E-state index in [4.69, 9.17) is 19.6 Å². The number of esters is 1. The fourth-order valence-electron chi connectivity index (χ4n) is 5.28. The van der Waals surface area contributed by atoms with Crippen molar-refractivity contribution in [2.24, 2.45) is 4.99 Å². The second-order valence-electron chi connectivity index (χ2n) is 11.2. The molecule has 1 aliphatic heterocycles. The van der Waals surface area contributed by atoms with Crippen molar-refractivity contribution in [1.82, 2.24) is 4.57 Å². The Labute approximate surface area is 279 Å². The van der Waals surface area contributed by atoms with E-state index in [9.17, 15) is 14.4 Å². The minimum Gasteiger partial charge on any atom is -0.488 e. The number of aromatic carboxylic acids is 1. The second kappa shape index (κ2) is 14.4. The van der Waals surface area contributed by atoms with Gasteiger partial charge in [0.2, 0.25) is 0 Å². The summed E-state index contributed by atoms with van der Waals surface area (Å²) in [7, 11) is 0. The van der Waals surface area contributed by atoms with Crippen molar-refractivity contribution in [2.45, 2.75) is 59.1 Å². The molecule has 8 nitrogen and oxygen atoms in total. The number of carbonyl (C=O) groups excluding carboxylic acids is 1. The number of nitrogens with zero attached hydrogens (tertiary/aromatic N) is 2. The van der Waals surface area contributed by atoms with Gasteiger partial charge in [0.15, 0.2) is 4.80 Å². The zero-order valence-corrected chi connectivity index (χ0v) is 28.5. The van der Waals surface area contributed by atoms with Crippen LogP contribution in [0.25, 0.3) is 6.08 Å². The largest absolute Gasteiger partial charge is 0.488 e. The summed E-state index contributed by atoms with van der Waals surface area (Å²) in [6.07, 6.45) is 3.18. The minimum absolute atomic E-state index is 0.216. The molecule has 0 radical (unpaired) electrons. The molecule has 0 bridgehead atoms. The zero-order chi connectivity index (χ0) is 33.0. The molecular weight excluding hydrogens is 668 g/mol. The first-order valence-electron chi connectivity index (χ1n) is 15.2. The van der Waals surface area contributed by atoms with Crippen molar-refractivity contribution in [2.75, 3.05) is 6.61 Å². The first-order chi connectivity index (χ1) is 22.1. The summed E-state index contributed by atoms with van der Waals surface area (Å²) in [4.78, 5) is 44.0. The fourth-order valence-corrected chi connectivity index (χ4v) is 6.81. The standard InChI is InChI=1S/C36H35BrN2O6S/c1-5-7-28-31(35(43)44-6-2)32(25-15-13-24(14-16-25)21(3)4)39-33(40)30(46-36(39)38-28)19-23-10-17-29(27(37)18-23)45-20-22-8-11-26(12-9-22)34(41)42/h8-19,21,32H,5-7,20H2,1-4H3,(H,41,42)/b30-19+/t32-/m0/s1. The van der Waals surface area contributed by atoms with E-state index in [1.807, 2.05) is 55.5 Å². The van der Waals surface area contributed by atoms with Crippen molar-refractivity contribution in [3.8, 4) is 5.75 Å². The summed E-state index contributed by atoms with van der Waals surface area (Å²) < 4.78 is 14.3. The summed E-state index contributed by atoms with van der Waals surface area (Å²) in [6.45, 7) is 8.54. The molecule has 0 unspecified atom stereocenters. The van der Waals surface area contributed by atoms with Crippen molar-refractivity contribution in [3.05, 3.63) is 130 Å². The first-order valence-corrected chi connectivity index (χ1v) is 16.8. The number of hydrogen-bond donors (Lipinski definition) is 1. The van der Waals surface area contributed by atoms with Crippen LogP contribution in [0.5, 0.6) is 5.75 Å². The molecule has 46 heavy (non-hydrogen) atoms. The lowest BCUT2D eigenvalue weighted by Crippen LogP contribution is -2.40. The van der Waals surface area contributed by atoms with Crippen LogP contribution >= 0.6 is 27.3 Å². The molecule has 1 aliphatic rings. The minimum atomic E-state index is -0.977. The monoisotopic (exact) mass is 702 g/mol. The number of rotatable bonds is 11. The van der Waals surface area contributed by atoms with Gasteiger partial charge >= 0.3 is 11.9 Å². The van der Waals surface area contributed by atoms with Crippen LogP contribution in [0.4, 0.5) is 0 Å². The number of carboxylic acids is 1. The third-order valence-corrected chi connectivity index (χ3v) is 9.26. The normalized spacial score (nSPS) is 14.7. The third kappa shape index (κ3) is 7.08. The van der Waals surface area contributed by atoms with Gasteiger partial charge < -0.3 is 14.6 Å². The number of carbonyl (C=O) groups is 2. The molecule has 0 saturated heterocycles. The molecule has 5 rings (SSSR count). The maximum Gasteiger partial charge on any atom is 0.338 e. The molecule has 0 saturated carbocycles. The Morgan fingerprint density at radius 1 is 1.07 bits per heavy atom. The lowest BCUT2D eigenvalue weighted by Gasteiger charge is -2.26. The second-order valence-corrected chi connectivity index (χ2v) is 13.1. The summed E-state index contributed by atoms with van der Waals surface area (Å²) in [5, 5.41) is 9.11. The predicted octanol–water partition coefficient (Wildman–Crippen LogP) is 6.74. The molecule has 3 aromatic carbocycles. The van der Waals surface area contributed by atoms with Crippen LogP contribution in [0.1, 0.15) is 85.1 Å². The predicted molar refractivity (Wildman–Crippen MR) is 182 cm³/mol. The van der Waals surface area contributed by atoms with Gasteiger partial charge in [0.05, 0.1) is 38.5 Å². The molecule has 10 heteroatoms. The maximum absolute atomic E-state index is 14.1. The van der Waals surface area contributed by atoms with Gasteiger partial charge in [0, 0.05) is 0 Å². The molecule has 0 fully saturated rings. The van der Waals surface area contributed by atoms with E-state index in [2.05, 4.69) is 29.8 Å². The van der Waals surface area contributed by atoms with Gasteiger partial charge in [0.25, 0.3) is 5.56 Å². The Balaban J connectivity index is 1.52. The number of carboxylic acid groups (broad SMARTS) is 1. The van der Waals surface area contributed by atoms with Gasteiger partial charge in [-0.3, -0.25) is 9.36 Å². The van der Waals surface area contributed by atoms with Crippen LogP contribution < -0.4 is 19.6 Å². The summed E-state index contributed by atoms with van der Waals surface area (Å²) in [5.74, 6) is -0.489. The summed E-state index contributed by atoms with van der Waals surface area (Å²) >= 11 is 4.87. The maximum atomic E-state index is 14.1. The van der Waals surface area contributed by atoms with E-state index in [-0.39, 0.29) is 24.3 Å². The fraction of sp³-hybridized carbons (Fsp3) is 0.278. The average Bonchev–Trinajstić information content (AvgIpc) is 3.34. The van der Waals surface area contributed by atoms with E-state index in [0.717, 1.165) is 23.1 Å². The highest BCUT2D eigenvalue weighted by atomic mass is 79.9. The highest BCUT2D eigenvalue weighted by Crippen LogP contribution is 2.33. The van der Waals surface area contributed by atoms with Crippen LogP contribution in [0.2, 0.25) is 0 Å². The van der Waals surface area contributed by atoms with E-state index in [1.54, 1.807) is 35.8 Å². The van der Waals surface area contributed by atoms with Gasteiger partial charge in [-0.05, 0) is 87.8 Å². The molecule has 1 atom stereocenters. The lowest BCUT2D eigenvalue weighted by atomic mass is 9.92. The van der Waals surface area contributed by atoms with Crippen LogP contribution in [0, 0.1) is 0 Å². The van der Waals surface area contributed by atoms with Crippen molar-refractivity contribution in [1.29, 1.82) is 0 Å². The van der Waals surface area contributed by atoms with Gasteiger partial charge in [-0.25, -0.2) is 14.6 Å². The third-order valence-electron chi connectivity index (χ3n) is 7.66. The van der Waals surface area contributed by atoms with E-state index in [0.29, 0.717) is 43.2 Å². The molecule has 0 spiro atoms. The number of halogens is 1.